The van der Waals surface area contributed by atoms with Gasteiger partial charge in [-0.2, -0.15) is 0 Å². The van der Waals surface area contributed by atoms with E-state index in [2.05, 4.69) is 4.98 Å². The van der Waals surface area contributed by atoms with Gasteiger partial charge in [-0.05, 0) is 43.7 Å². The molecule has 2 heterocycles. The Morgan fingerprint density at radius 3 is 2.61 bits per heavy atom. The highest BCUT2D eigenvalue weighted by molar-refractivity contribution is 5.84. The molecule has 1 unspecified atom stereocenters. The van der Waals surface area contributed by atoms with Crippen LogP contribution in [0.15, 0.2) is 30.5 Å². The Morgan fingerprint density at radius 1 is 1.39 bits per heavy atom. The summed E-state index contributed by atoms with van der Waals surface area (Å²) < 4.78 is 1.90. The number of amides is 1. The second kappa shape index (κ2) is 4.64. The summed E-state index contributed by atoms with van der Waals surface area (Å²) in [7, 11) is 1.90. The molecule has 2 aromatic rings. The highest BCUT2D eigenvalue weighted by Crippen LogP contribution is 2.24. The number of aryl methyl sites for hydroxylation is 3. The van der Waals surface area contributed by atoms with Crippen molar-refractivity contribution in [2.24, 2.45) is 12.8 Å². The Morgan fingerprint density at radius 2 is 2.11 bits per heavy atom. The molecular formula is C14H17N3O. The average Bonchev–Trinajstić information content (AvgIpc) is 2.63. The van der Waals surface area contributed by atoms with Gasteiger partial charge in [0.25, 0.3) is 0 Å². The quantitative estimate of drug-likeness (QED) is 0.891. The minimum atomic E-state index is -0.497. The number of pyridine rings is 1. The highest BCUT2D eigenvalue weighted by atomic mass is 16.1. The van der Waals surface area contributed by atoms with Crippen molar-refractivity contribution in [1.29, 1.82) is 0 Å². The summed E-state index contributed by atoms with van der Waals surface area (Å²) in [6, 6.07) is 7.69. The van der Waals surface area contributed by atoms with Crippen LogP contribution in [0.1, 0.15) is 28.6 Å². The lowest BCUT2D eigenvalue weighted by Gasteiger charge is -2.15. The summed E-state index contributed by atoms with van der Waals surface area (Å²) >= 11 is 0. The number of carbonyl (C=O) groups is 1. The maximum atomic E-state index is 11.7. The third kappa shape index (κ3) is 2.27. The number of rotatable bonds is 3. The first-order valence-corrected chi connectivity index (χ1v) is 5.85. The Bertz CT molecular complexity index is 566. The minimum absolute atomic E-state index is 0.380. The van der Waals surface area contributed by atoms with Gasteiger partial charge in [-0.1, -0.05) is 0 Å². The van der Waals surface area contributed by atoms with Gasteiger partial charge in [-0.3, -0.25) is 9.78 Å². The van der Waals surface area contributed by atoms with Crippen molar-refractivity contribution in [3.05, 3.63) is 53.1 Å². The second-order valence-corrected chi connectivity index (χ2v) is 4.59. The number of nitrogens with two attached hydrogens (primary N) is 1. The Labute approximate surface area is 106 Å². The zero-order chi connectivity index (χ0) is 13.3. The molecule has 0 bridgehead atoms. The van der Waals surface area contributed by atoms with Crippen LogP contribution < -0.4 is 5.73 Å². The summed E-state index contributed by atoms with van der Waals surface area (Å²) in [5, 5.41) is 0. The number of primary amides is 1. The molecule has 0 fully saturated rings. The summed E-state index contributed by atoms with van der Waals surface area (Å²) in [6.45, 7) is 3.90. The lowest BCUT2D eigenvalue weighted by Crippen LogP contribution is -2.25. The number of carbonyl (C=O) groups excluding carboxylic acids is 1. The van der Waals surface area contributed by atoms with Gasteiger partial charge in [-0.15, -0.1) is 0 Å². The van der Waals surface area contributed by atoms with E-state index < -0.39 is 5.92 Å². The van der Waals surface area contributed by atoms with Crippen LogP contribution in [0.4, 0.5) is 0 Å². The van der Waals surface area contributed by atoms with Crippen molar-refractivity contribution < 1.29 is 4.79 Å². The van der Waals surface area contributed by atoms with E-state index in [1.165, 1.54) is 0 Å². The summed E-state index contributed by atoms with van der Waals surface area (Å²) in [4.78, 5) is 16.2. The Balaban J connectivity index is 2.55. The highest BCUT2D eigenvalue weighted by Gasteiger charge is 2.24. The van der Waals surface area contributed by atoms with E-state index in [-0.39, 0.29) is 5.91 Å². The zero-order valence-corrected chi connectivity index (χ0v) is 10.8. The van der Waals surface area contributed by atoms with E-state index in [0.29, 0.717) is 5.69 Å². The molecule has 0 aliphatic heterocycles. The van der Waals surface area contributed by atoms with Crippen LogP contribution in [0.3, 0.4) is 0 Å². The van der Waals surface area contributed by atoms with Crippen LogP contribution in [0.5, 0.6) is 0 Å². The Kier molecular flexibility index (Phi) is 3.19. The molecule has 0 aromatic carbocycles. The van der Waals surface area contributed by atoms with Crippen molar-refractivity contribution in [1.82, 2.24) is 9.55 Å². The standard InChI is InChI=1S/C14H17N3O/c1-9-7-10(2)16-11(8-9)13(14(15)18)12-5-4-6-17(12)3/h4-8,13H,1-3H3,(H2,15,18). The smallest absolute Gasteiger partial charge is 0.232 e. The topological polar surface area (TPSA) is 60.9 Å². The fourth-order valence-electron chi connectivity index (χ4n) is 2.24. The van der Waals surface area contributed by atoms with Crippen molar-refractivity contribution >= 4 is 5.91 Å². The van der Waals surface area contributed by atoms with Crippen LogP contribution in [0.2, 0.25) is 0 Å². The van der Waals surface area contributed by atoms with Gasteiger partial charge in [0.1, 0.15) is 5.92 Å². The molecule has 0 saturated carbocycles. The molecule has 0 spiro atoms. The first kappa shape index (κ1) is 12.4. The zero-order valence-electron chi connectivity index (χ0n) is 10.8. The molecule has 2 N–H and O–H groups in total. The molecule has 2 aromatic heterocycles. The van der Waals surface area contributed by atoms with E-state index >= 15 is 0 Å². The normalized spacial score (nSPS) is 12.4. The maximum Gasteiger partial charge on any atom is 0.232 e. The predicted octanol–water partition coefficient (Wildman–Crippen LogP) is 1.65. The summed E-state index contributed by atoms with van der Waals surface area (Å²) in [5.74, 6) is -0.877. The molecule has 0 saturated heterocycles. The molecule has 94 valence electrons. The van der Waals surface area contributed by atoms with E-state index in [1.807, 2.05) is 55.9 Å². The van der Waals surface area contributed by atoms with Gasteiger partial charge < -0.3 is 10.3 Å². The summed E-state index contributed by atoms with van der Waals surface area (Å²) in [5.41, 5.74) is 9.08. The van der Waals surface area contributed by atoms with Crippen LogP contribution in [-0.2, 0) is 11.8 Å². The first-order chi connectivity index (χ1) is 8.49. The minimum Gasteiger partial charge on any atom is -0.369 e. The van der Waals surface area contributed by atoms with Gasteiger partial charge in [0.05, 0.1) is 5.69 Å². The average molecular weight is 243 g/mol. The molecule has 0 aliphatic rings. The largest absolute Gasteiger partial charge is 0.369 e. The van der Waals surface area contributed by atoms with Gasteiger partial charge in [0.15, 0.2) is 0 Å². The van der Waals surface area contributed by atoms with Crippen LogP contribution in [0.25, 0.3) is 0 Å². The number of hydrogen-bond donors (Lipinski definition) is 1. The molecule has 1 amide bonds. The van der Waals surface area contributed by atoms with Crippen molar-refractivity contribution in [2.75, 3.05) is 0 Å². The van der Waals surface area contributed by atoms with Gasteiger partial charge in [0, 0.05) is 24.6 Å². The van der Waals surface area contributed by atoms with Gasteiger partial charge >= 0.3 is 0 Å². The van der Waals surface area contributed by atoms with Crippen molar-refractivity contribution in [2.45, 2.75) is 19.8 Å². The van der Waals surface area contributed by atoms with E-state index in [0.717, 1.165) is 17.0 Å². The van der Waals surface area contributed by atoms with Crippen molar-refractivity contribution in [3.8, 4) is 0 Å². The molecule has 18 heavy (non-hydrogen) atoms. The fourth-order valence-corrected chi connectivity index (χ4v) is 2.24. The van der Waals surface area contributed by atoms with Gasteiger partial charge in [-0.25, -0.2) is 0 Å². The molecular weight excluding hydrogens is 226 g/mol. The lowest BCUT2D eigenvalue weighted by molar-refractivity contribution is -0.118. The third-order valence-corrected chi connectivity index (χ3v) is 2.98. The molecule has 4 heteroatoms. The van der Waals surface area contributed by atoms with Crippen molar-refractivity contribution in [3.63, 3.8) is 0 Å². The van der Waals surface area contributed by atoms with Gasteiger partial charge in [0.2, 0.25) is 5.91 Å². The predicted molar refractivity (Wildman–Crippen MR) is 70.2 cm³/mol. The molecule has 1 atom stereocenters. The number of aromatic nitrogens is 2. The maximum absolute atomic E-state index is 11.7. The monoisotopic (exact) mass is 243 g/mol. The van der Waals surface area contributed by atoms with Crippen LogP contribution in [-0.4, -0.2) is 15.5 Å². The molecule has 0 radical (unpaired) electrons. The molecule has 2 rings (SSSR count). The SMILES string of the molecule is Cc1cc(C)nc(C(C(N)=O)c2cccn2C)c1. The van der Waals surface area contributed by atoms with E-state index in [1.54, 1.807) is 0 Å². The first-order valence-electron chi connectivity index (χ1n) is 5.85. The fraction of sp³-hybridized carbons (Fsp3) is 0.286. The van der Waals surface area contributed by atoms with Crippen LogP contribution >= 0.6 is 0 Å². The van der Waals surface area contributed by atoms with Crippen LogP contribution in [0, 0.1) is 13.8 Å². The van der Waals surface area contributed by atoms with E-state index in [4.69, 9.17) is 5.73 Å². The second-order valence-electron chi connectivity index (χ2n) is 4.59. The molecule has 0 aliphatic carbocycles. The molecule has 4 nitrogen and oxygen atoms in total. The van der Waals surface area contributed by atoms with E-state index in [9.17, 15) is 4.79 Å². The Hall–Kier alpha value is -2.10. The number of hydrogen-bond acceptors (Lipinski definition) is 2. The number of nitrogens with zero attached hydrogens (tertiary/aromatic N) is 2. The third-order valence-electron chi connectivity index (χ3n) is 2.98. The summed E-state index contributed by atoms with van der Waals surface area (Å²) in [6.07, 6.45) is 1.90. The lowest BCUT2D eigenvalue weighted by atomic mass is 9.98.